The number of hydrogen-bond donors (Lipinski definition) is 5. The van der Waals surface area contributed by atoms with Crippen molar-refractivity contribution in [2.24, 2.45) is 28.1 Å². The number of nitrogens with one attached hydrogen (secondary N) is 1. The number of H-pyrrole nitrogens is 1. The smallest absolute Gasteiger partial charge is 0.328 e. The molecule has 0 saturated heterocycles. The summed E-state index contributed by atoms with van der Waals surface area (Å²) in [5.41, 5.74) is 21.1. The Morgan fingerprint density at radius 3 is 2.59 bits per heavy atom. The van der Waals surface area contributed by atoms with Gasteiger partial charge in [0.05, 0.1) is 6.54 Å². The third-order valence-corrected chi connectivity index (χ3v) is 8.36. The van der Waals surface area contributed by atoms with Crippen molar-refractivity contribution in [3.8, 4) is 0 Å². The molecule has 0 spiro atoms. The maximum absolute atomic E-state index is 11.8. The number of aliphatic imine (C=N–C) groups is 1. The first-order valence-electron chi connectivity index (χ1n) is 14.9. The predicted molar refractivity (Wildman–Crippen MR) is 168 cm³/mol. The van der Waals surface area contributed by atoms with Crippen molar-refractivity contribution >= 4 is 28.5 Å². The first kappa shape index (κ1) is 30.2. The number of fused-ring (bicyclic) bond motifs is 2. The van der Waals surface area contributed by atoms with Crippen LogP contribution in [-0.4, -0.2) is 40.6 Å². The van der Waals surface area contributed by atoms with Crippen molar-refractivity contribution in [1.82, 2.24) is 4.98 Å². The largest absolute Gasteiger partial charge is 0.478 e. The van der Waals surface area contributed by atoms with E-state index in [1.54, 1.807) is 0 Å². The van der Waals surface area contributed by atoms with E-state index in [1.165, 1.54) is 34.4 Å². The Morgan fingerprint density at radius 1 is 1.15 bits per heavy atom. The number of rotatable bonds is 15. The fourth-order valence-corrected chi connectivity index (χ4v) is 6.28. The first-order chi connectivity index (χ1) is 19.8. The van der Waals surface area contributed by atoms with Gasteiger partial charge in [-0.15, -0.1) is 0 Å². The van der Waals surface area contributed by atoms with E-state index in [-0.39, 0.29) is 24.6 Å². The molecule has 1 heterocycles. The SMILES string of the molecule is CCCC[C@H](N)CCC[C@H]1c2cc3ccccc3cc2CC[C@@H]1C[C@@H]([N-]c1ccc[nH]1)/C(=C/C(=O)O)CN=C(N)N. The Morgan fingerprint density at radius 2 is 1.90 bits per heavy atom. The molecule has 0 amide bonds. The molecule has 8 heteroatoms. The molecule has 1 aliphatic carbocycles. The molecule has 0 bridgehead atoms. The molecule has 0 fully saturated rings. The highest BCUT2D eigenvalue weighted by Gasteiger charge is 2.32. The van der Waals surface area contributed by atoms with Gasteiger partial charge in [-0.1, -0.05) is 86.7 Å². The van der Waals surface area contributed by atoms with Crippen LogP contribution in [0.3, 0.4) is 0 Å². The van der Waals surface area contributed by atoms with Crippen molar-refractivity contribution in [2.75, 3.05) is 6.54 Å². The molecule has 0 saturated carbocycles. The average molecular weight is 558 g/mol. The number of nitrogens with zero attached hydrogens (tertiary/aromatic N) is 2. The van der Waals surface area contributed by atoms with Crippen LogP contribution < -0.4 is 17.2 Å². The zero-order valence-electron chi connectivity index (χ0n) is 24.1. The number of unbranched alkanes of at least 4 members (excludes halogenated alkanes) is 1. The van der Waals surface area contributed by atoms with Crippen LogP contribution in [0.4, 0.5) is 5.82 Å². The summed E-state index contributed by atoms with van der Waals surface area (Å²) in [5, 5.41) is 17.2. The molecule has 2 aromatic carbocycles. The summed E-state index contributed by atoms with van der Waals surface area (Å²) in [7, 11) is 0. The lowest BCUT2D eigenvalue weighted by Gasteiger charge is -2.39. The minimum absolute atomic E-state index is 0.0735. The van der Waals surface area contributed by atoms with E-state index in [2.05, 4.69) is 53.3 Å². The Kier molecular flexibility index (Phi) is 10.8. The predicted octanol–water partition coefficient (Wildman–Crippen LogP) is 6.25. The normalized spacial score (nSPS) is 18.4. The lowest BCUT2D eigenvalue weighted by molar-refractivity contribution is -0.131. The van der Waals surface area contributed by atoms with Crippen LogP contribution in [0.5, 0.6) is 0 Å². The number of nitrogens with two attached hydrogens (primary N) is 3. The van der Waals surface area contributed by atoms with Crippen LogP contribution in [0, 0.1) is 5.92 Å². The highest BCUT2D eigenvalue weighted by molar-refractivity contribution is 5.84. The number of guanidine groups is 1. The summed E-state index contributed by atoms with van der Waals surface area (Å²) >= 11 is 0. The van der Waals surface area contributed by atoms with E-state index < -0.39 is 5.97 Å². The van der Waals surface area contributed by atoms with E-state index in [0.717, 1.165) is 44.9 Å². The molecule has 41 heavy (non-hydrogen) atoms. The van der Waals surface area contributed by atoms with Gasteiger partial charge in [0.2, 0.25) is 0 Å². The number of carboxylic acids is 1. The van der Waals surface area contributed by atoms with E-state index in [1.807, 2.05) is 18.3 Å². The van der Waals surface area contributed by atoms with Crippen LogP contribution >= 0.6 is 0 Å². The van der Waals surface area contributed by atoms with E-state index in [9.17, 15) is 9.90 Å². The fourth-order valence-electron chi connectivity index (χ4n) is 6.28. The van der Waals surface area contributed by atoms with E-state index in [0.29, 0.717) is 29.6 Å². The van der Waals surface area contributed by atoms with Gasteiger partial charge in [-0.2, -0.15) is 0 Å². The highest BCUT2D eigenvalue weighted by Crippen LogP contribution is 2.45. The second-order valence-corrected chi connectivity index (χ2v) is 11.4. The van der Waals surface area contributed by atoms with Crippen LogP contribution in [0.1, 0.15) is 75.3 Å². The Bertz CT molecular complexity index is 1330. The van der Waals surface area contributed by atoms with Crippen molar-refractivity contribution in [3.63, 3.8) is 0 Å². The minimum atomic E-state index is -1.03. The average Bonchev–Trinajstić information content (AvgIpc) is 3.46. The summed E-state index contributed by atoms with van der Waals surface area (Å²) in [6.07, 6.45) is 12.2. The topological polar surface area (TPSA) is 158 Å². The third kappa shape index (κ3) is 8.60. The van der Waals surface area contributed by atoms with Gasteiger partial charge in [0.25, 0.3) is 0 Å². The van der Waals surface area contributed by atoms with Gasteiger partial charge in [-0.3, -0.25) is 0 Å². The Labute approximate surface area is 243 Å². The molecule has 0 unspecified atom stereocenters. The fraction of sp³-hybridized carbons (Fsp3) is 0.455. The summed E-state index contributed by atoms with van der Waals surface area (Å²) in [5.74, 6) is 0.246. The van der Waals surface area contributed by atoms with E-state index >= 15 is 0 Å². The number of aromatic amines is 1. The summed E-state index contributed by atoms with van der Waals surface area (Å²) < 4.78 is 0. The highest BCUT2D eigenvalue weighted by atomic mass is 16.4. The first-order valence-corrected chi connectivity index (χ1v) is 14.9. The maximum Gasteiger partial charge on any atom is 0.328 e. The number of aromatic nitrogens is 1. The molecule has 4 rings (SSSR count). The van der Waals surface area contributed by atoms with Gasteiger partial charge in [0, 0.05) is 12.1 Å². The zero-order valence-corrected chi connectivity index (χ0v) is 24.1. The van der Waals surface area contributed by atoms with Gasteiger partial charge in [-0.25, -0.2) is 9.79 Å². The van der Waals surface area contributed by atoms with Crippen molar-refractivity contribution in [2.45, 2.75) is 82.7 Å². The van der Waals surface area contributed by atoms with Gasteiger partial charge < -0.3 is 32.6 Å². The summed E-state index contributed by atoms with van der Waals surface area (Å²) in [6.45, 7) is 2.30. The molecule has 0 aliphatic heterocycles. The zero-order chi connectivity index (χ0) is 29.2. The molecule has 220 valence electrons. The number of benzene rings is 2. The number of carbonyl (C=O) groups is 1. The standard InChI is InChI=1S/C33H45N6O2/c1-2-3-10-27(34)11-6-12-28-25(15-14-24-17-22-8-4-5-9-23(22)18-29(24)28)19-30(39-31-13-7-16-37-31)26(20-32(40)41)21-38-33(35)36/h4-5,7-9,13,16-18,20,25,27-28,30,37H,2-3,6,10-12,14-15,19,21,34H2,1H3,(H,40,41)(H4,35,36,38)/q-1/b26-20+/t25-,27+,28-,30-/m1/s1. The number of aliphatic carboxylic acids is 1. The van der Waals surface area contributed by atoms with Crippen LogP contribution in [0.2, 0.25) is 0 Å². The lowest BCUT2D eigenvalue weighted by Crippen LogP contribution is -2.28. The van der Waals surface area contributed by atoms with Crippen molar-refractivity contribution in [3.05, 3.63) is 82.8 Å². The van der Waals surface area contributed by atoms with Crippen LogP contribution in [0.25, 0.3) is 16.1 Å². The summed E-state index contributed by atoms with van der Waals surface area (Å²) in [6, 6.07) is 16.9. The number of aryl methyl sites for hydroxylation is 1. The van der Waals surface area contributed by atoms with Crippen molar-refractivity contribution in [1.29, 1.82) is 0 Å². The Hall–Kier alpha value is -3.78. The molecule has 8 nitrogen and oxygen atoms in total. The number of hydrogen-bond acceptors (Lipinski definition) is 3. The maximum atomic E-state index is 11.8. The van der Waals surface area contributed by atoms with Crippen molar-refractivity contribution < 1.29 is 9.90 Å². The monoisotopic (exact) mass is 557 g/mol. The van der Waals surface area contributed by atoms with Crippen LogP contribution in [0.15, 0.2) is 71.4 Å². The lowest BCUT2D eigenvalue weighted by atomic mass is 9.69. The molecular formula is C33H45N6O2-. The second kappa shape index (κ2) is 14.7. The Balaban J connectivity index is 1.65. The molecule has 3 aromatic rings. The van der Waals surface area contributed by atoms with E-state index in [4.69, 9.17) is 22.5 Å². The minimum Gasteiger partial charge on any atom is -0.478 e. The summed E-state index contributed by atoms with van der Waals surface area (Å²) in [4.78, 5) is 19.1. The molecule has 1 aromatic heterocycles. The van der Waals surface area contributed by atoms with Gasteiger partial charge in [-0.05, 0) is 83.9 Å². The number of carboxylic acid groups (broad SMARTS) is 1. The van der Waals surface area contributed by atoms with Crippen LogP contribution in [-0.2, 0) is 11.2 Å². The quantitative estimate of drug-likeness (QED) is 0.0847. The molecule has 4 atom stereocenters. The third-order valence-electron chi connectivity index (χ3n) is 8.36. The molecule has 8 N–H and O–H groups in total. The van der Waals surface area contributed by atoms with Gasteiger partial charge in [0.1, 0.15) is 0 Å². The molecule has 0 radical (unpaired) electrons. The molecular weight excluding hydrogens is 512 g/mol. The van der Waals surface area contributed by atoms with Gasteiger partial charge >= 0.3 is 5.97 Å². The second-order valence-electron chi connectivity index (χ2n) is 11.4. The van der Waals surface area contributed by atoms with Gasteiger partial charge in [0.15, 0.2) is 5.96 Å². The molecule has 1 aliphatic rings.